The van der Waals surface area contributed by atoms with Crippen molar-refractivity contribution >= 4 is 11.8 Å². The highest BCUT2D eigenvalue weighted by Gasteiger charge is 2.17. The van der Waals surface area contributed by atoms with Crippen molar-refractivity contribution in [3.63, 3.8) is 0 Å². The molecule has 0 saturated heterocycles. The minimum atomic E-state index is 0.687. The molecule has 3 heteroatoms. The molecule has 0 aromatic rings. The first-order valence-electron chi connectivity index (χ1n) is 6.09. The largest absolute Gasteiger partial charge is 0.316 e. The van der Waals surface area contributed by atoms with Crippen LogP contribution in [-0.4, -0.2) is 49.6 Å². The molecule has 0 aliphatic carbocycles. The van der Waals surface area contributed by atoms with Crippen LogP contribution in [0.1, 0.15) is 33.1 Å². The summed E-state index contributed by atoms with van der Waals surface area (Å²) < 4.78 is 0. The van der Waals surface area contributed by atoms with Gasteiger partial charge in [0.1, 0.15) is 0 Å². The molecule has 2 atom stereocenters. The zero-order valence-electron chi connectivity index (χ0n) is 11.0. The molecule has 0 heterocycles. The van der Waals surface area contributed by atoms with Gasteiger partial charge in [-0.25, -0.2) is 0 Å². The second-order valence-electron chi connectivity index (χ2n) is 4.30. The lowest BCUT2D eigenvalue weighted by atomic mass is 10.1. The summed E-state index contributed by atoms with van der Waals surface area (Å²) in [4.78, 5) is 2.26. The summed E-state index contributed by atoms with van der Waals surface area (Å²) >= 11 is 2.12. The number of hydrogen-bond acceptors (Lipinski definition) is 3. The molecule has 0 aliphatic heterocycles. The number of nitrogens with zero attached hydrogens (tertiary/aromatic N) is 1. The summed E-state index contributed by atoms with van der Waals surface area (Å²) in [6.45, 7) is 5.75. The van der Waals surface area contributed by atoms with Gasteiger partial charge in [0.15, 0.2) is 0 Å². The van der Waals surface area contributed by atoms with Crippen molar-refractivity contribution in [3.8, 4) is 0 Å². The fourth-order valence-corrected chi connectivity index (χ4v) is 3.25. The molecule has 0 saturated carbocycles. The summed E-state index contributed by atoms with van der Waals surface area (Å²) in [5.41, 5.74) is 0. The van der Waals surface area contributed by atoms with Crippen LogP contribution in [-0.2, 0) is 0 Å². The van der Waals surface area contributed by atoms with Crippen LogP contribution in [0.2, 0.25) is 0 Å². The smallest absolute Gasteiger partial charge is 0.0198 e. The van der Waals surface area contributed by atoms with Crippen molar-refractivity contribution in [2.75, 3.05) is 33.4 Å². The molecule has 2 unspecified atom stereocenters. The van der Waals surface area contributed by atoms with Crippen LogP contribution in [0.3, 0.4) is 0 Å². The average molecular weight is 232 g/mol. The van der Waals surface area contributed by atoms with Gasteiger partial charge in [-0.1, -0.05) is 20.3 Å². The van der Waals surface area contributed by atoms with E-state index in [0.29, 0.717) is 6.04 Å². The molecular weight excluding hydrogens is 204 g/mol. The Hall–Kier alpha value is 0.270. The molecule has 0 radical (unpaired) electrons. The fourth-order valence-electron chi connectivity index (χ4n) is 1.73. The molecule has 1 N–H and O–H groups in total. The highest BCUT2D eigenvalue weighted by molar-refractivity contribution is 7.99. The second-order valence-corrected chi connectivity index (χ2v) is 5.65. The highest BCUT2D eigenvalue weighted by atomic mass is 32.2. The molecule has 0 amide bonds. The first-order valence-corrected chi connectivity index (χ1v) is 7.14. The standard InChI is InChI=1S/C12H28N2S/c1-6-8-11(13-3)12(7-2)15-10-9-14(4)5/h11-13H,6-10H2,1-5H3. The molecule has 0 spiro atoms. The topological polar surface area (TPSA) is 15.3 Å². The second kappa shape index (κ2) is 9.49. The molecule has 0 rings (SSSR count). The van der Waals surface area contributed by atoms with Crippen molar-refractivity contribution < 1.29 is 0 Å². The Labute approximate surface area is 100 Å². The van der Waals surface area contributed by atoms with E-state index in [1.54, 1.807) is 0 Å². The predicted octanol–water partition coefficient (Wildman–Crippen LogP) is 2.45. The van der Waals surface area contributed by atoms with E-state index in [1.807, 2.05) is 0 Å². The summed E-state index contributed by atoms with van der Waals surface area (Å²) in [5.74, 6) is 1.24. The van der Waals surface area contributed by atoms with Crippen LogP contribution in [0.25, 0.3) is 0 Å². The molecule has 0 aromatic heterocycles. The van der Waals surface area contributed by atoms with Crippen LogP contribution in [0.15, 0.2) is 0 Å². The zero-order chi connectivity index (χ0) is 11.7. The van der Waals surface area contributed by atoms with Gasteiger partial charge in [-0.2, -0.15) is 11.8 Å². The number of rotatable bonds is 9. The maximum absolute atomic E-state index is 3.46. The van der Waals surface area contributed by atoms with Crippen molar-refractivity contribution in [3.05, 3.63) is 0 Å². The Bertz CT molecular complexity index is 140. The SMILES string of the molecule is CCCC(NC)C(CC)SCCN(C)C. The molecule has 0 aromatic carbocycles. The van der Waals surface area contributed by atoms with E-state index in [4.69, 9.17) is 0 Å². The van der Waals surface area contributed by atoms with Gasteiger partial charge < -0.3 is 10.2 Å². The van der Waals surface area contributed by atoms with Gasteiger partial charge in [-0.15, -0.1) is 0 Å². The van der Waals surface area contributed by atoms with Crippen LogP contribution in [0.4, 0.5) is 0 Å². The van der Waals surface area contributed by atoms with Gasteiger partial charge >= 0.3 is 0 Å². The van der Waals surface area contributed by atoms with E-state index < -0.39 is 0 Å². The van der Waals surface area contributed by atoms with Crippen molar-refractivity contribution in [2.45, 2.75) is 44.4 Å². The molecule has 2 nitrogen and oxygen atoms in total. The summed E-state index contributed by atoms with van der Waals surface area (Å²) in [6.07, 6.45) is 3.84. The molecular formula is C12H28N2S. The third-order valence-corrected chi connectivity index (χ3v) is 4.20. The lowest BCUT2D eigenvalue weighted by Crippen LogP contribution is -2.35. The quantitative estimate of drug-likeness (QED) is 0.657. The Morgan fingerprint density at radius 1 is 1.27 bits per heavy atom. The summed E-state index contributed by atoms with van der Waals surface area (Å²) in [7, 11) is 6.38. The first kappa shape index (κ1) is 15.3. The van der Waals surface area contributed by atoms with E-state index >= 15 is 0 Å². The van der Waals surface area contributed by atoms with E-state index in [9.17, 15) is 0 Å². The lowest BCUT2D eigenvalue weighted by molar-refractivity contribution is 0.436. The fraction of sp³-hybridized carbons (Fsp3) is 1.00. The predicted molar refractivity (Wildman–Crippen MR) is 72.8 cm³/mol. The summed E-state index contributed by atoms with van der Waals surface area (Å²) in [5, 5.41) is 4.23. The maximum Gasteiger partial charge on any atom is 0.0198 e. The van der Waals surface area contributed by atoms with Crippen LogP contribution < -0.4 is 5.32 Å². The Kier molecular flexibility index (Phi) is 9.66. The van der Waals surface area contributed by atoms with Crippen molar-refractivity contribution in [1.82, 2.24) is 10.2 Å². The van der Waals surface area contributed by atoms with E-state index in [-0.39, 0.29) is 0 Å². The van der Waals surface area contributed by atoms with Gasteiger partial charge in [0.2, 0.25) is 0 Å². The normalized spacial score (nSPS) is 15.6. The van der Waals surface area contributed by atoms with Crippen molar-refractivity contribution in [1.29, 1.82) is 0 Å². The van der Waals surface area contributed by atoms with Crippen LogP contribution in [0.5, 0.6) is 0 Å². The average Bonchev–Trinajstić information content (AvgIpc) is 2.21. The number of nitrogens with one attached hydrogen (secondary N) is 1. The maximum atomic E-state index is 3.46. The first-order chi connectivity index (χ1) is 7.15. The van der Waals surface area contributed by atoms with Gasteiger partial charge in [0, 0.05) is 23.6 Å². The minimum absolute atomic E-state index is 0.687. The van der Waals surface area contributed by atoms with Gasteiger partial charge in [-0.05, 0) is 34.0 Å². The van der Waals surface area contributed by atoms with Crippen molar-refractivity contribution in [2.24, 2.45) is 0 Å². The molecule has 0 fully saturated rings. The van der Waals surface area contributed by atoms with E-state index in [0.717, 1.165) is 5.25 Å². The van der Waals surface area contributed by atoms with E-state index in [2.05, 4.69) is 57.0 Å². The Morgan fingerprint density at radius 3 is 2.33 bits per heavy atom. The van der Waals surface area contributed by atoms with Gasteiger partial charge in [0.25, 0.3) is 0 Å². The number of hydrogen-bond donors (Lipinski definition) is 1. The minimum Gasteiger partial charge on any atom is -0.316 e. The monoisotopic (exact) mass is 232 g/mol. The van der Waals surface area contributed by atoms with Gasteiger partial charge in [0.05, 0.1) is 0 Å². The zero-order valence-corrected chi connectivity index (χ0v) is 11.9. The molecule has 15 heavy (non-hydrogen) atoms. The van der Waals surface area contributed by atoms with E-state index in [1.165, 1.54) is 31.6 Å². The van der Waals surface area contributed by atoms with Crippen LogP contribution >= 0.6 is 11.8 Å². The molecule has 92 valence electrons. The third kappa shape index (κ3) is 7.20. The van der Waals surface area contributed by atoms with Gasteiger partial charge in [-0.3, -0.25) is 0 Å². The third-order valence-electron chi connectivity index (χ3n) is 2.69. The molecule has 0 aliphatic rings. The Balaban J connectivity index is 3.86. The lowest BCUT2D eigenvalue weighted by Gasteiger charge is -2.25. The Morgan fingerprint density at radius 2 is 1.93 bits per heavy atom. The summed E-state index contributed by atoms with van der Waals surface area (Å²) in [6, 6.07) is 0.687. The number of thioether (sulfide) groups is 1. The molecule has 0 bridgehead atoms. The van der Waals surface area contributed by atoms with Crippen LogP contribution in [0, 0.1) is 0 Å². The highest BCUT2D eigenvalue weighted by Crippen LogP contribution is 2.20.